The normalized spacial score (nSPS) is 13.8. The van der Waals surface area contributed by atoms with Crippen LogP contribution in [-0.4, -0.2) is 41.1 Å². The fraction of sp³-hybridized carbons (Fsp3) is 0.846. The van der Waals surface area contributed by atoms with Crippen LogP contribution in [0.5, 0.6) is 0 Å². The molecule has 0 rings (SSSR count). The van der Waals surface area contributed by atoms with Gasteiger partial charge in [-0.1, -0.05) is 34.1 Å². The van der Waals surface area contributed by atoms with Crippen LogP contribution in [0.4, 0.5) is 4.79 Å². The third kappa shape index (κ3) is 5.38. The standard InChI is InChI=1S/C13H26N2O3/c1-5-8-15(9-6-2)13(18)14-11(12(16)17)10(4)7-3/h10-11H,5-9H2,1-4H3,(H,14,18)(H,16,17). The Morgan fingerprint density at radius 3 is 2.00 bits per heavy atom. The maximum atomic E-state index is 12.0. The molecule has 0 aliphatic heterocycles. The first-order valence-corrected chi connectivity index (χ1v) is 6.76. The number of nitrogens with one attached hydrogen (secondary N) is 1. The molecule has 0 saturated carbocycles. The third-order valence-corrected chi connectivity index (χ3v) is 3.03. The number of hydrogen-bond acceptors (Lipinski definition) is 2. The van der Waals surface area contributed by atoms with Crippen molar-refractivity contribution in [3.8, 4) is 0 Å². The summed E-state index contributed by atoms with van der Waals surface area (Å²) < 4.78 is 0. The summed E-state index contributed by atoms with van der Waals surface area (Å²) in [6.45, 7) is 9.07. The van der Waals surface area contributed by atoms with Crippen molar-refractivity contribution in [2.24, 2.45) is 5.92 Å². The van der Waals surface area contributed by atoms with Gasteiger partial charge in [-0.05, 0) is 18.8 Å². The zero-order chi connectivity index (χ0) is 14.1. The van der Waals surface area contributed by atoms with E-state index in [-0.39, 0.29) is 11.9 Å². The van der Waals surface area contributed by atoms with Gasteiger partial charge in [0.2, 0.25) is 0 Å². The van der Waals surface area contributed by atoms with Crippen LogP contribution in [0.3, 0.4) is 0 Å². The highest BCUT2D eigenvalue weighted by molar-refractivity contribution is 5.82. The summed E-state index contributed by atoms with van der Waals surface area (Å²) in [7, 11) is 0. The summed E-state index contributed by atoms with van der Waals surface area (Å²) in [6, 6.07) is -1.08. The molecule has 0 radical (unpaired) electrons. The van der Waals surface area contributed by atoms with Crippen LogP contribution in [-0.2, 0) is 4.79 Å². The maximum Gasteiger partial charge on any atom is 0.326 e. The van der Waals surface area contributed by atoms with Crippen LogP contribution in [0.1, 0.15) is 47.0 Å². The second-order valence-corrected chi connectivity index (χ2v) is 4.64. The Balaban J connectivity index is 4.59. The second-order valence-electron chi connectivity index (χ2n) is 4.64. The first-order valence-electron chi connectivity index (χ1n) is 6.76. The predicted molar refractivity (Wildman–Crippen MR) is 71.6 cm³/mol. The number of hydrogen-bond donors (Lipinski definition) is 2. The highest BCUT2D eigenvalue weighted by Crippen LogP contribution is 2.09. The minimum Gasteiger partial charge on any atom is -0.480 e. The lowest BCUT2D eigenvalue weighted by atomic mass is 9.99. The molecule has 2 N–H and O–H groups in total. The average Bonchev–Trinajstić information content (AvgIpc) is 2.34. The second kappa shape index (κ2) is 8.78. The van der Waals surface area contributed by atoms with Gasteiger partial charge in [-0.25, -0.2) is 9.59 Å². The smallest absolute Gasteiger partial charge is 0.326 e. The molecule has 0 saturated heterocycles. The van der Waals surface area contributed by atoms with Gasteiger partial charge in [0.25, 0.3) is 0 Å². The zero-order valence-electron chi connectivity index (χ0n) is 11.9. The molecule has 0 aromatic carbocycles. The summed E-state index contributed by atoms with van der Waals surface area (Å²) in [5.41, 5.74) is 0. The summed E-state index contributed by atoms with van der Waals surface area (Å²) in [4.78, 5) is 24.8. The molecule has 0 aliphatic rings. The molecule has 18 heavy (non-hydrogen) atoms. The van der Waals surface area contributed by atoms with Crippen LogP contribution in [0.2, 0.25) is 0 Å². The van der Waals surface area contributed by atoms with Crippen molar-refractivity contribution in [3.63, 3.8) is 0 Å². The fourth-order valence-corrected chi connectivity index (χ4v) is 1.76. The van der Waals surface area contributed by atoms with Crippen LogP contribution in [0, 0.1) is 5.92 Å². The monoisotopic (exact) mass is 258 g/mol. The van der Waals surface area contributed by atoms with Crippen LogP contribution >= 0.6 is 0 Å². The van der Waals surface area contributed by atoms with Crippen LogP contribution in [0.25, 0.3) is 0 Å². The Bertz CT molecular complexity index is 263. The van der Waals surface area contributed by atoms with E-state index in [1.165, 1.54) is 0 Å². The van der Waals surface area contributed by atoms with E-state index in [9.17, 15) is 9.59 Å². The molecular weight excluding hydrogens is 232 g/mol. The van der Waals surface area contributed by atoms with Crippen LogP contribution < -0.4 is 5.32 Å². The van der Waals surface area contributed by atoms with Crippen molar-refractivity contribution in [2.75, 3.05) is 13.1 Å². The predicted octanol–water partition coefficient (Wildman–Crippen LogP) is 2.32. The lowest BCUT2D eigenvalue weighted by Crippen LogP contribution is -2.50. The van der Waals surface area contributed by atoms with E-state index in [0.29, 0.717) is 13.1 Å². The quantitative estimate of drug-likeness (QED) is 0.702. The summed E-state index contributed by atoms with van der Waals surface area (Å²) in [5.74, 6) is -1.04. The molecule has 0 aromatic rings. The van der Waals surface area contributed by atoms with Gasteiger partial charge >= 0.3 is 12.0 Å². The van der Waals surface area contributed by atoms with Gasteiger partial charge in [-0.2, -0.15) is 0 Å². The number of carboxylic acids is 1. The molecule has 2 unspecified atom stereocenters. The number of carbonyl (C=O) groups is 2. The van der Waals surface area contributed by atoms with Crippen molar-refractivity contribution in [2.45, 2.75) is 53.0 Å². The first-order chi connectivity index (χ1) is 8.47. The Labute approximate surface area is 110 Å². The molecule has 5 nitrogen and oxygen atoms in total. The molecule has 106 valence electrons. The van der Waals surface area contributed by atoms with Crippen molar-refractivity contribution in [3.05, 3.63) is 0 Å². The van der Waals surface area contributed by atoms with Gasteiger partial charge in [0.1, 0.15) is 6.04 Å². The van der Waals surface area contributed by atoms with Crippen molar-refractivity contribution in [1.29, 1.82) is 0 Å². The van der Waals surface area contributed by atoms with Gasteiger partial charge in [0.15, 0.2) is 0 Å². The lowest BCUT2D eigenvalue weighted by Gasteiger charge is -2.26. The highest BCUT2D eigenvalue weighted by atomic mass is 16.4. The minimum atomic E-state index is -0.967. The Morgan fingerprint density at radius 1 is 1.17 bits per heavy atom. The maximum absolute atomic E-state index is 12.0. The lowest BCUT2D eigenvalue weighted by molar-refractivity contribution is -0.140. The molecule has 0 heterocycles. The average molecular weight is 258 g/mol. The highest BCUT2D eigenvalue weighted by Gasteiger charge is 2.26. The van der Waals surface area contributed by atoms with E-state index in [4.69, 9.17) is 5.11 Å². The third-order valence-electron chi connectivity index (χ3n) is 3.03. The molecule has 2 amide bonds. The van der Waals surface area contributed by atoms with Gasteiger partial charge in [0.05, 0.1) is 0 Å². The fourth-order valence-electron chi connectivity index (χ4n) is 1.76. The number of rotatable bonds is 8. The molecule has 0 spiro atoms. The number of carboxylic acid groups (broad SMARTS) is 1. The molecule has 0 aliphatic carbocycles. The van der Waals surface area contributed by atoms with E-state index in [0.717, 1.165) is 19.3 Å². The van der Waals surface area contributed by atoms with Gasteiger partial charge in [0, 0.05) is 13.1 Å². The van der Waals surface area contributed by atoms with E-state index in [1.807, 2.05) is 27.7 Å². The number of carbonyl (C=O) groups excluding carboxylic acids is 1. The molecule has 0 aromatic heterocycles. The van der Waals surface area contributed by atoms with E-state index >= 15 is 0 Å². The van der Waals surface area contributed by atoms with E-state index in [1.54, 1.807) is 4.90 Å². The Hall–Kier alpha value is -1.26. The first kappa shape index (κ1) is 16.7. The van der Waals surface area contributed by atoms with Crippen molar-refractivity contribution >= 4 is 12.0 Å². The molecule has 5 heteroatoms. The molecule has 0 fully saturated rings. The number of nitrogens with zero attached hydrogens (tertiary/aromatic N) is 1. The Morgan fingerprint density at radius 2 is 1.67 bits per heavy atom. The molecular formula is C13H26N2O3. The summed E-state index contributed by atoms with van der Waals surface area (Å²) in [5, 5.41) is 11.8. The van der Waals surface area contributed by atoms with E-state index in [2.05, 4.69) is 5.32 Å². The molecule has 2 atom stereocenters. The van der Waals surface area contributed by atoms with Crippen molar-refractivity contribution < 1.29 is 14.7 Å². The zero-order valence-corrected chi connectivity index (χ0v) is 11.9. The number of urea groups is 1. The van der Waals surface area contributed by atoms with E-state index < -0.39 is 12.0 Å². The summed E-state index contributed by atoms with van der Waals surface area (Å²) >= 11 is 0. The van der Waals surface area contributed by atoms with Crippen molar-refractivity contribution in [1.82, 2.24) is 10.2 Å². The minimum absolute atomic E-state index is 0.0726. The van der Waals surface area contributed by atoms with Crippen LogP contribution in [0.15, 0.2) is 0 Å². The largest absolute Gasteiger partial charge is 0.480 e. The van der Waals surface area contributed by atoms with Gasteiger partial charge in [-0.3, -0.25) is 0 Å². The Kier molecular flexibility index (Phi) is 8.16. The molecule has 0 bridgehead atoms. The SMILES string of the molecule is CCCN(CCC)C(=O)NC(C(=O)O)C(C)CC. The van der Waals surface area contributed by atoms with Gasteiger partial charge in [-0.15, -0.1) is 0 Å². The number of aliphatic carboxylic acids is 1. The van der Waals surface area contributed by atoms with Gasteiger partial charge < -0.3 is 15.3 Å². The summed E-state index contributed by atoms with van der Waals surface area (Å²) in [6.07, 6.45) is 2.46. The number of amides is 2. The topological polar surface area (TPSA) is 69.6 Å².